The van der Waals surface area contributed by atoms with Crippen LogP contribution in [-0.2, 0) is 4.79 Å². The van der Waals surface area contributed by atoms with Crippen molar-refractivity contribution in [2.24, 2.45) is 17.8 Å². The van der Waals surface area contributed by atoms with Crippen LogP contribution in [0.2, 0.25) is 0 Å². The van der Waals surface area contributed by atoms with Crippen LogP contribution in [0.5, 0.6) is 0 Å². The summed E-state index contributed by atoms with van der Waals surface area (Å²) in [6.07, 6.45) is 7.46. The lowest BCUT2D eigenvalue weighted by Crippen LogP contribution is -2.51. The Labute approximate surface area is 222 Å². The van der Waals surface area contributed by atoms with Crippen molar-refractivity contribution in [1.29, 1.82) is 0 Å². The number of carbonyl (C=O) groups excluding carboxylic acids is 2. The first-order valence-electron chi connectivity index (χ1n) is 14.7. The van der Waals surface area contributed by atoms with E-state index >= 15 is 0 Å². The quantitative estimate of drug-likeness (QED) is 0.547. The molecular weight excluding hydrogens is 460 g/mol. The zero-order chi connectivity index (χ0) is 25.9. The zero-order valence-corrected chi connectivity index (χ0v) is 23.1. The van der Waals surface area contributed by atoms with Crippen LogP contribution in [0.15, 0.2) is 29.8 Å². The van der Waals surface area contributed by atoms with Crippen LogP contribution >= 0.6 is 0 Å². The second-order valence-electron chi connectivity index (χ2n) is 13.1. The largest absolute Gasteiger partial charge is 0.335 e. The molecule has 3 fully saturated rings. The summed E-state index contributed by atoms with van der Waals surface area (Å²) in [5.74, 6) is 1.65. The highest BCUT2D eigenvalue weighted by molar-refractivity contribution is 5.85. The number of amides is 3. The maximum Gasteiger partial charge on any atom is 0.317 e. The summed E-state index contributed by atoms with van der Waals surface area (Å²) in [4.78, 5) is 31.0. The minimum Gasteiger partial charge on any atom is -0.335 e. The molecule has 3 amide bonds. The van der Waals surface area contributed by atoms with E-state index in [4.69, 9.17) is 0 Å². The highest BCUT2D eigenvalue weighted by atomic mass is 16.2. The molecule has 3 aliphatic carbocycles. The summed E-state index contributed by atoms with van der Waals surface area (Å²) >= 11 is 0. The van der Waals surface area contributed by atoms with Gasteiger partial charge in [-0.25, -0.2) is 4.79 Å². The highest BCUT2D eigenvalue weighted by Crippen LogP contribution is 2.54. The van der Waals surface area contributed by atoms with E-state index in [0.29, 0.717) is 42.4 Å². The Bertz CT molecular complexity index is 1090. The lowest BCUT2D eigenvalue weighted by Gasteiger charge is -2.43. The van der Waals surface area contributed by atoms with Gasteiger partial charge in [0.15, 0.2) is 0 Å². The molecule has 5 aliphatic rings. The van der Waals surface area contributed by atoms with Crippen LogP contribution in [0.1, 0.15) is 89.8 Å². The molecule has 6 nitrogen and oxygen atoms in total. The standard InChI is InChI=1S/C31H44N4O2/c1-5-34(30(37)33-31(2,3)4)18-19-10-12-21(13-11-19)29(36)35-17-16-23-22-8-6-7-9-24(22)26-27(32-26)25(23)28(35)20-14-15-20/h6-9,19-21,26-28,32H,5,10-18H2,1-4H3,(H,33,37). The third-order valence-electron chi connectivity index (χ3n) is 9.32. The van der Waals surface area contributed by atoms with Gasteiger partial charge in [-0.05, 0) is 107 Å². The topological polar surface area (TPSA) is 74.6 Å². The van der Waals surface area contributed by atoms with Gasteiger partial charge in [0.2, 0.25) is 5.91 Å². The molecule has 2 saturated carbocycles. The predicted molar refractivity (Wildman–Crippen MR) is 147 cm³/mol. The number of nitrogens with one attached hydrogen (secondary N) is 2. The van der Waals surface area contributed by atoms with Crippen molar-refractivity contribution in [2.75, 3.05) is 19.6 Å². The van der Waals surface area contributed by atoms with Gasteiger partial charge in [-0.3, -0.25) is 10.1 Å². The third-order valence-corrected chi connectivity index (χ3v) is 9.32. The Balaban J connectivity index is 1.12. The van der Waals surface area contributed by atoms with Crippen molar-refractivity contribution in [3.63, 3.8) is 0 Å². The van der Waals surface area contributed by atoms with E-state index in [1.54, 1.807) is 5.57 Å². The van der Waals surface area contributed by atoms with Gasteiger partial charge >= 0.3 is 6.03 Å². The Kier molecular flexibility index (Phi) is 6.37. The fourth-order valence-corrected chi connectivity index (χ4v) is 7.30. The number of hydrogen-bond donors (Lipinski definition) is 2. The SMILES string of the molecule is CCN(CC1CCC(C(=O)N2CCC3=C(C4NC4c4ccccc43)C2C2CC2)CC1)C(=O)NC(C)(C)C. The smallest absolute Gasteiger partial charge is 0.317 e. The first kappa shape index (κ1) is 25.0. The lowest BCUT2D eigenvalue weighted by atomic mass is 9.76. The van der Waals surface area contributed by atoms with E-state index in [-0.39, 0.29) is 17.5 Å². The van der Waals surface area contributed by atoms with Crippen molar-refractivity contribution in [1.82, 2.24) is 20.4 Å². The van der Waals surface area contributed by atoms with Gasteiger partial charge in [0.1, 0.15) is 0 Å². The van der Waals surface area contributed by atoms with Gasteiger partial charge in [0, 0.05) is 31.1 Å². The number of rotatable bonds is 5. The van der Waals surface area contributed by atoms with Crippen molar-refractivity contribution < 1.29 is 9.59 Å². The van der Waals surface area contributed by atoms with Gasteiger partial charge < -0.3 is 15.1 Å². The maximum atomic E-state index is 14.0. The molecule has 2 N–H and O–H groups in total. The molecule has 6 heteroatoms. The first-order valence-corrected chi connectivity index (χ1v) is 14.7. The van der Waals surface area contributed by atoms with Crippen molar-refractivity contribution in [3.8, 4) is 0 Å². The number of nitrogens with zero attached hydrogens (tertiary/aromatic N) is 2. The molecule has 3 atom stereocenters. The van der Waals surface area contributed by atoms with Gasteiger partial charge in [-0.15, -0.1) is 0 Å². The minimum atomic E-state index is -0.229. The molecule has 200 valence electrons. The monoisotopic (exact) mass is 504 g/mol. The molecule has 6 rings (SSSR count). The molecule has 1 saturated heterocycles. The summed E-state index contributed by atoms with van der Waals surface area (Å²) in [7, 11) is 0. The van der Waals surface area contributed by atoms with Crippen LogP contribution in [0.3, 0.4) is 0 Å². The van der Waals surface area contributed by atoms with Crippen LogP contribution < -0.4 is 10.6 Å². The average Bonchev–Trinajstić information content (AvgIpc) is 3.79. The van der Waals surface area contributed by atoms with Crippen molar-refractivity contribution in [2.45, 2.75) is 96.3 Å². The normalized spacial score (nSPS) is 30.7. The molecule has 2 heterocycles. The van der Waals surface area contributed by atoms with Crippen molar-refractivity contribution >= 4 is 17.5 Å². The Hall–Kier alpha value is -2.34. The molecule has 37 heavy (non-hydrogen) atoms. The van der Waals surface area contributed by atoms with Crippen LogP contribution in [-0.4, -0.2) is 59.0 Å². The second-order valence-corrected chi connectivity index (χ2v) is 13.1. The van der Waals surface area contributed by atoms with E-state index in [1.165, 1.54) is 29.5 Å². The minimum absolute atomic E-state index is 0.0268. The summed E-state index contributed by atoms with van der Waals surface area (Å²) in [6.45, 7) is 10.5. The second kappa shape index (κ2) is 9.44. The fraction of sp³-hybridized carbons (Fsp3) is 0.677. The number of hydrogen-bond acceptors (Lipinski definition) is 3. The molecule has 3 unspecified atom stereocenters. The van der Waals surface area contributed by atoms with E-state index in [0.717, 1.165) is 45.2 Å². The Morgan fingerprint density at radius 2 is 1.78 bits per heavy atom. The van der Waals surface area contributed by atoms with Crippen LogP contribution in [0.4, 0.5) is 4.79 Å². The maximum absolute atomic E-state index is 14.0. The number of urea groups is 1. The summed E-state index contributed by atoms with van der Waals surface area (Å²) in [6, 6.07) is 10.1. The molecule has 0 bridgehead atoms. The highest BCUT2D eigenvalue weighted by Gasteiger charge is 2.54. The van der Waals surface area contributed by atoms with E-state index in [9.17, 15) is 9.59 Å². The summed E-state index contributed by atoms with van der Waals surface area (Å²) in [5, 5.41) is 6.86. The lowest BCUT2D eigenvalue weighted by molar-refractivity contribution is -0.139. The number of fused-ring (bicyclic) bond motifs is 5. The van der Waals surface area contributed by atoms with Gasteiger partial charge in [0.25, 0.3) is 0 Å². The molecule has 2 aliphatic heterocycles. The van der Waals surface area contributed by atoms with Gasteiger partial charge in [-0.2, -0.15) is 0 Å². The molecule has 0 radical (unpaired) electrons. The predicted octanol–water partition coefficient (Wildman–Crippen LogP) is 5.11. The Morgan fingerprint density at radius 1 is 1.05 bits per heavy atom. The number of benzene rings is 1. The number of carbonyl (C=O) groups is 2. The fourth-order valence-electron chi connectivity index (χ4n) is 7.30. The average molecular weight is 505 g/mol. The Morgan fingerprint density at radius 3 is 2.46 bits per heavy atom. The third kappa shape index (κ3) is 4.82. The van der Waals surface area contributed by atoms with Crippen LogP contribution in [0, 0.1) is 17.8 Å². The van der Waals surface area contributed by atoms with E-state index in [1.807, 2.05) is 25.7 Å². The first-order chi connectivity index (χ1) is 17.7. The van der Waals surface area contributed by atoms with Gasteiger partial charge in [0.05, 0.1) is 18.1 Å². The molecule has 1 aromatic carbocycles. The molecule has 0 spiro atoms. The van der Waals surface area contributed by atoms with E-state index < -0.39 is 0 Å². The summed E-state index contributed by atoms with van der Waals surface area (Å²) in [5.41, 5.74) is 5.73. The van der Waals surface area contributed by atoms with E-state index in [2.05, 4.69) is 46.7 Å². The summed E-state index contributed by atoms with van der Waals surface area (Å²) < 4.78 is 0. The molecule has 1 aromatic rings. The zero-order valence-electron chi connectivity index (χ0n) is 23.1. The van der Waals surface area contributed by atoms with Crippen molar-refractivity contribution in [3.05, 3.63) is 41.0 Å². The molecule has 0 aromatic heterocycles. The van der Waals surface area contributed by atoms with Gasteiger partial charge in [-0.1, -0.05) is 24.3 Å². The molecular formula is C31H44N4O2. The van der Waals surface area contributed by atoms with Crippen LogP contribution in [0.25, 0.3) is 5.57 Å².